The molecule has 1 aliphatic rings. The Morgan fingerprint density at radius 2 is 2.05 bits per heavy atom. The Bertz CT molecular complexity index is 490. The van der Waals surface area contributed by atoms with Crippen molar-refractivity contribution in [3.63, 3.8) is 0 Å². The van der Waals surface area contributed by atoms with E-state index in [1.807, 2.05) is 23.1 Å². The standard InChI is InChI=1S/C18H27NO2/c1-18(2,3)16-11-5-4-10-15(16)17(21)19-12-6-8-14(19)9-7-13-20/h4-5,10-11,14,20H,6-9,12-13H2,1-3H3. The van der Waals surface area contributed by atoms with Crippen LogP contribution in [-0.2, 0) is 5.41 Å². The van der Waals surface area contributed by atoms with Crippen molar-refractivity contribution in [2.24, 2.45) is 0 Å². The molecule has 1 heterocycles. The van der Waals surface area contributed by atoms with E-state index in [-0.39, 0.29) is 24.0 Å². The molecule has 3 nitrogen and oxygen atoms in total. The van der Waals surface area contributed by atoms with Gasteiger partial charge in [0.1, 0.15) is 0 Å². The monoisotopic (exact) mass is 289 g/mol. The molecule has 0 aromatic heterocycles. The zero-order valence-corrected chi connectivity index (χ0v) is 13.4. The van der Waals surface area contributed by atoms with Crippen molar-refractivity contribution >= 4 is 5.91 Å². The van der Waals surface area contributed by atoms with Crippen molar-refractivity contribution in [1.82, 2.24) is 4.90 Å². The van der Waals surface area contributed by atoms with Crippen LogP contribution < -0.4 is 0 Å². The fraction of sp³-hybridized carbons (Fsp3) is 0.611. The second-order valence-electron chi connectivity index (χ2n) is 6.96. The Morgan fingerprint density at radius 3 is 2.71 bits per heavy atom. The predicted molar refractivity (Wildman–Crippen MR) is 85.5 cm³/mol. The molecule has 116 valence electrons. The van der Waals surface area contributed by atoms with Gasteiger partial charge in [0.05, 0.1) is 0 Å². The lowest BCUT2D eigenvalue weighted by atomic mass is 9.83. The first-order valence-electron chi connectivity index (χ1n) is 7.96. The summed E-state index contributed by atoms with van der Waals surface area (Å²) in [7, 11) is 0. The van der Waals surface area contributed by atoms with Crippen LogP contribution in [0.4, 0.5) is 0 Å². The number of hydrogen-bond acceptors (Lipinski definition) is 2. The molecule has 1 unspecified atom stereocenters. The van der Waals surface area contributed by atoms with E-state index in [1.165, 1.54) is 0 Å². The van der Waals surface area contributed by atoms with Crippen molar-refractivity contribution in [2.75, 3.05) is 13.2 Å². The number of aliphatic hydroxyl groups excluding tert-OH is 1. The van der Waals surface area contributed by atoms with Crippen LogP contribution in [-0.4, -0.2) is 35.1 Å². The fourth-order valence-corrected chi connectivity index (χ4v) is 3.21. The number of carbonyl (C=O) groups is 1. The minimum atomic E-state index is -0.0351. The van der Waals surface area contributed by atoms with Gasteiger partial charge in [0.2, 0.25) is 0 Å². The Balaban J connectivity index is 2.24. The zero-order valence-electron chi connectivity index (χ0n) is 13.4. The molecule has 1 aromatic carbocycles. The third-order valence-electron chi connectivity index (χ3n) is 4.30. The molecular formula is C18H27NO2. The van der Waals surface area contributed by atoms with Crippen LogP contribution >= 0.6 is 0 Å². The summed E-state index contributed by atoms with van der Waals surface area (Å²) in [6, 6.07) is 8.25. The molecule has 1 fully saturated rings. The first-order valence-corrected chi connectivity index (χ1v) is 7.96. The molecule has 2 rings (SSSR count). The average Bonchev–Trinajstić information content (AvgIpc) is 2.91. The maximum atomic E-state index is 13.0. The summed E-state index contributed by atoms with van der Waals surface area (Å²) >= 11 is 0. The number of rotatable bonds is 4. The molecule has 0 spiro atoms. The van der Waals surface area contributed by atoms with Gasteiger partial charge in [-0.15, -0.1) is 0 Å². The van der Waals surface area contributed by atoms with Crippen molar-refractivity contribution in [3.8, 4) is 0 Å². The summed E-state index contributed by atoms with van der Waals surface area (Å²) in [5.41, 5.74) is 1.91. The number of hydrogen-bond donors (Lipinski definition) is 1. The van der Waals surface area contributed by atoms with Gasteiger partial charge in [-0.1, -0.05) is 39.0 Å². The van der Waals surface area contributed by atoms with E-state index in [0.717, 1.165) is 43.4 Å². The summed E-state index contributed by atoms with van der Waals surface area (Å²) in [6.07, 6.45) is 3.80. The highest BCUT2D eigenvalue weighted by Gasteiger charge is 2.31. The number of aliphatic hydroxyl groups is 1. The summed E-state index contributed by atoms with van der Waals surface area (Å²) in [6.45, 7) is 7.48. The van der Waals surface area contributed by atoms with E-state index in [4.69, 9.17) is 5.11 Å². The Kier molecular flexibility index (Phi) is 5.04. The number of nitrogens with zero attached hydrogens (tertiary/aromatic N) is 1. The second-order valence-corrected chi connectivity index (χ2v) is 6.96. The van der Waals surface area contributed by atoms with Crippen LogP contribution in [0.1, 0.15) is 62.4 Å². The quantitative estimate of drug-likeness (QED) is 0.923. The maximum absolute atomic E-state index is 13.0. The summed E-state index contributed by atoms with van der Waals surface area (Å²) in [4.78, 5) is 15.0. The van der Waals surface area contributed by atoms with Crippen LogP contribution in [0.2, 0.25) is 0 Å². The van der Waals surface area contributed by atoms with Crippen molar-refractivity contribution < 1.29 is 9.90 Å². The first-order chi connectivity index (χ1) is 9.95. The Labute approximate surface area is 128 Å². The molecule has 3 heteroatoms. The minimum Gasteiger partial charge on any atom is -0.396 e. The molecular weight excluding hydrogens is 262 g/mol. The predicted octanol–water partition coefficient (Wildman–Crippen LogP) is 3.36. The van der Waals surface area contributed by atoms with Crippen LogP contribution in [0.5, 0.6) is 0 Å². The molecule has 1 N–H and O–H groups in total. The molecule has 0 radical (unpaired) electrons. The van der Waals surface area contributed by atoms with E-state index in [1.54, 1.807) is 0 Å². The number of amides is 1. The van der Waals surface area contributed by atoms with Gasteiger partial charge < -0.3 is 10.0 Å². The second kappa shape index (κ2) is 6.61. The Morgan fingerprint density at radius 1 is 1.33 bits per heavy atom. The van der Waals surface area contributed by atoms with Crippen LogP contribution in [0.15, 0.2) is 24.3 Å². The highest BCUT2D eigenvalue weighted by molar-refractivity contribution is 5.96. The van der Waals surface area contributed by atoms with E-state index < -0.39 is 0 Å². The SMILES string of the molecule is CC(C)(C)c1ccccc1C(=O)N1CCCC1CCCO. The van der Waals surface area contributed by atoms with Crippen LogP contribution in [0.25, 0.3) is 0 Å². The maximum Gasteiger partial charge on any atom is 0.254 e. The van der Waals surface area contributed by atoms with Gasteiger partial charge in [-0.3, -0.25) is 4.79 Å². The van der Waals surface area contributed by atoms with Gasteiger partial charge in [-0.25, -0.2) is 0 Å². The molecule has 0 aliphatic carbocycles. The molecule has 0 bridgehead atoms. The highest BCUT2D eigenvalue weighted by atomic mass is 16.3. The molecule has 0 saturated carbocycles. The van der Waals surface area contributed by atoms with Gasteiger partial charge in [0.25, 0.3) is 5.91 Å². The smallest absolute Gasteiger partial charge is 0.254 e. The van der Waals surface area contributed by atoms with Gasteiger partial charge in [-0.05, 0) is 42.7 Å². The average molecular weight is 289 g/mol. The number of likely N-dealkylation sites (tertiary alicyclic amines) is 1. The fourth-order valence-electron chi connectivity index (χ4n) is 3.21. The lowest BCUT2D eigenvalue weighted by Gasteiger charge is -2.28. The molecule has 1 saturated heterocycles. The van der Waals surface area contributed by atoms with E-state index in [2.05, 4.69) is 26.8 Å². The lowest BCUT2D eigenvalue weighted by molar-refractivity contribution is 0.0722. The van der Waals surface area contributed by atoms with Crippen molar-refractivity contribution in [1.29, 1.82) is 0 Å². The van der Waals surface area contributed by atoms with E-state index >= 15 is 0 Å². The van der Waals surface area contributed by atoms with Gasteiger partial charge >= 0.3 is 0 Å². The summed E-state index contributed by atoms with van der Waals surface area (Å²) in [5.74, 6) is 0.154. The molecule has 1 aromatic rings. The first kappa shape index (κ1) is 16.0. The molecule has 1 atom stereocenters. The molecule has 1 aliphatic heterocycles. The largest absolute Gasteiger partial charge is 0.396 e. The number of benzene rings is 1. The third kappa shape index (κ3) is 3.65. The highest BCUT2D eigenvalue weighted by Crippen LogP contribution is 2.29. The van der Waals surface area contributed by atoms with Gasteiger partial charge in [0, 0.05) is 24.8 Å². The minimum absolute atomic E-state index is 0.0351. The topological polar surface area (TPSA) is 40.5 Å². The number of carbonyl (C=O) groups excluding carboxylic acids is 1. The lowest BCUT2D eigenvalue weighted by Crippen LogP contribution is -2.37. The molecule has 21 heavy (non-hydrogen) atoms. The Hall–Kier alpha value is -1.35. The van der Waals surface area contributed by atoms with Gasteiger partial charge in [-0.2, -0.15) is 0 Å². The van der Waals surface area contributed by atoms with Crippen molar-refractivity contribution in [2.45, 2.75) is 57.9 Å². The summed E-state index contributed by atoms with van der Waals surface area (Å²) < 4.78 is 0. The van der Waals surface area contributed by atoms with Gasteiger partial charge in [0.15, 0.2) is 0 Å². The zero-order chi connectivity index (χ0) is 15.5. The van der Waals surface area contributed by atoms with E-state index in [0.29, 0.717) is 0 Å². The molecule has 1 amide bonds. The third-order valence-corrected chi connectivity index (χ3v) is 4.30. The van der Waals surface area contributed by atoms with E-state index in [9.17, 15) is 4.79 Å². The van der Waals surface area contributed by atoms with Crippen LogP contribution in [0.3, 0.4) is 0 Å². The normalized spacial score (nSPS) is 19.0. The van der Waals surface area contributed by atoms with Crippen molar-refractivity contribution in [3.05, 3.63) is 35.4 Å². The van der Waals surface area contributed by atoms with Crippen LogP contribution in [0, 0.1) is 0 Å². The summed E-state index contributed by atoms with van der Waals surface area (Å²) in [5, 5.41) is 9.02.